The average Bonchev–Trinajstić information content (AvgIpc) is 3.03. The Morgan fingerprint density at radius 3 is 2.47 bits per heavy atom. The van der Waals surface area contributed by atoms with Crippen molar-refractivity contribution < 1.29 is 18.7 Å². The zero-order valence-corrected chi connectivity index (χ0v) is 29.3. The van der Waals surface area contributed by atoms with Crippen LogP contribution in [0.4, 0.5) is 20.7 Å². The summed E-state index contributed by atoms with van der Waals surface area (Å²) >= 11 is 6.92. The van der Waals surface area contributed by atoms with Crippen molar-refractivity contribution in [2.24, 2.45) is 0 Å². The number of rotatable bonds is 7. The van der Waals surface area contributed by atoms with Gasteiger partial charge < -0.3 is 19.9 Å². The van der Waals surface area contributed by atoms with Gasteiger partial charge in [0.25, 0.3) is 0 Å². The van der Waals surface area contributed by atoms with E-state index in [1.165, 1.54) is 22.8 Å². The van der Waals surface area contributed by atoms with Gasteiger partial charge in [-0.2, -0.15) is 4.98 Å². The number of ether oxygens (including phenoxy) is 1. The third kappa shape index (κ3) is 7.07. The van der Waals surface area contributed by atoms with Crippen LogP contribution in [0.2, 0.25) is 5.02 Å². The van der Waals surface area contributed by atoms with Gasteiger partial charge >= 0.3 is 11.8 Å². The van der Waals surface area contributed by atoms with Gasteiger partial charge in [-0.15, -0.1) is 0 Å². The Hall–Kier alpha value is -5.03. The minimum absolute atomic E-state index is 0.00321. The predicted molar refractivity (Wildman–Crippen MR) is 193 cm³/mol. The SMILES string of the molecule is C=CC(=O)Nc1cccc(F)c1-c1nc2c(cc1Cl)c(N1CCN(C(=O)OC(C)(C)C)C[C@@H]1C)nc(=O)n2-c1c(C=C)cccc1C(C)C. The summed E-state index contributed by atoms with van der Waals surface area (Å²) in [5, 5.41) is 3.14. The highest BCUT2D eigenvalue weighted by atomic mass is 35.5. The van der Waals surface area contributed by atoms with Gasteiger partial charge in [-0.1, -0.05) is 68.9 Å². The van der Waals surface area contributed by atoms with Gasteiger partial charge in [0.05, 0.1) is 33.0 Å². The van der Waals surface area contributed by atoms with E-state index in [2.05, 4.69) is 23.5 Å². The van der Waals surface area contributed by atoms with Crippen LogP contribution in [0.5, 0.6) is 0 Å². The second-order valence-electron chi connectivity index (χ2n) is 13.2. The molecule has 0 saturated carbocycles. The molecule has 0 bridgehead atoms. The lowest BCUT2D eigenvalue weighted by Gasteiger charge is -2.41. The van der Waals surface area contributed by atoms with Gasteiger partial charge in [0.2, 0.25) is 5.91 Å². The van der Waals surface area contributed by atoms with Crippen molar-refractivity contribution >= 4 is 52.2 Å². The molecule has 1 aliphatic rings. The van der Waals surface area contributed by atoms with Crippen LogP contribution in [-0.4, -0.2) is 62.7 Å². The molecule has 2 aromatic heterocycles. The number of hydrogen-bond donors (Lipinski definition) is 1. The van der Waals surface area contributed by atoms with E-state index >= 15 is 4.39 Å². The fourth-order valence-corrected chi connectivity index (χ4v) is 6.23. The van der Waals surface area contributed by atoms with Crippen molar-refractivity contribution in [2.75, 3.05) is 29.9 Å². The summed E-state index contributed by atoms with van der Waals surface area (Å²) < 4.78 is 22.7. The number of fused-ring (bicyclic) bond motifs is 1. The topological polar surface area (TPSA) is 110 Å². The Morgan fingerprint density at radius 2 is 1.84 bits per heavy atom. The molecule has 12 heteroatoms. The normalized spacial score (nSPS) is 15.0. The first-order valence-electron chi connectivity index (χ1n) is 16.0. The minimum atomic E-state index is -0.681. The second-order valence-corrected chi connectivity index (χ2v) is 13.6. The van der Waals surface area contributed by atoms with E-state index in [4.69, 9.17) is 21.3 Å². The van der Waals surface area contributed by atoms with Crippen LogP contribution in [0, 0.1) is 5.82 Å². The van der Waals surface area contributed by atoms with Crippen molar-refractivity contribution in [3.8, 4) is 16.9 Å². The third-order valence-electron chi connectivity index (χ3n) is 8.21. The van der Waals surface area contributed by atoms with Crippen molar-refractivity contribution in [1.82, 2.24) is 19.4 Å². The summed E-state index contributed by atoms with van der Waals surface area (Å²) in [6.07, 6.45) is 2.30. The molecule has 1 atom stereocenters. The monoisotopic (exact) mass is 686 g/mol. The van der Waals surface area contributed by atoms with Gasteiger partial charge in [-0.25, -0.2) is 23.5 Å². The maximum atomic E-state index is 15.7. The molecule has 0 aliphatic carbocycles. The Morgan fingerprint density at radius 1 is 1.12 bits per heavy atom. The second kappa shape index (κ2) is 13.8. The molecule has 4 aromatic rings. The molecule has 5 rings (SSSR count). The molecule has 0 spiro atoms. The van der Waals surface area contributed by atoms with Crippen LogP contribution in [0.3, 0.4) is 0 Å². The molecule has 0 unspecified atom stereocenters. The van der Waals surface area contributed by atoms with Crippen LogP contribution in [0.25, 0.3) is 34.1 Å². The molecular formula is C37H40ClFN6O4. The van der Waals surface area contributed by atoms with Crippen LogP contribution in [-0.2, 0) is 9.53 Å². The summed E-state index contributed by atoms with van der Waals surface area (Å²) in [7, 11) is 0. The summed E-state index contributed by atoms with van der Waals surface area (Å²) in [6.45, 7) is 19.8. The van der Waals surface area contributed by atoms with E-state index in [1.54, 1.807) is 17.0 Å². The molecule has 1 fully saturated rings. The van der Waals surface area contributed by atoms with E-state index < -0.39 is 29.1 Å². The van der Waals surface area contributed by atoms with Crippen molar-refractivity contribution in [3.05, 3.63) is 94.1 Å². The Bertz CT molecular complexity index is 2040. The molecule has 1 aliphatic heterocycles. The van der Waals surface area contributed by atoms with E-state index in [0.717, 1.165) is 11.6 Å². The molecule has 3 heterocycles. The van der Waals surface area contributed by atoms with Gasteiger partial charge in [0.15, 0.2) is 5.65 Å². The van der Waals surface area contributed by atoms with E-state index in [-0.39, 0.29) is 39.6 Å². The maximum absolute atomic E-state index is 15.7. The molecule has 2 amide bonds. The third-order valence-corrected chi connectivity index (χ3v) is 8.50. The largest absolute Gasteiger partial charge is 0.444 e. The summed E-state index contributed by atoms with van der Waals surface area (Å²) in [5.41, 5.74) is 1.06. The lowest BCUT2D eigenvalue weighted by molar-refractivity contribution is -0.111. The van der Waals surface area contributed by atoms with Crippen LogP contribution in [0.15, 0.2) is 66.5 Å². The number of carbonyl (C=O) groups is 2. The fourth-order valence-electron chi connectivity index (χ4n) is 5.99. The van der Waals surface area contributed by atoms with Crippen LogP contribution in [0.1, 0.15) is 58.6 Å². The van der Waals surface area contributed by atoms with E-state index in [1.807, 2.05) is 64.6 Å². The molecule has 49 heavy (non-hydrogen) atoms. The molecular weight excluding hydrogens is 647 g/mol. The summed E-state index contributed by atoms with van der Waals surface area (Å²) in [5.74, 6) is -0.908. The number of aromatic nitrogens is 3. The molecule has 256 valence electrons. The maximum Gasteiger partial charge on any atom is 0.410 e. The number of piperazine rings is 1. The fraction of sp³-hybridized carbons (Fsp3) is 0.324. The van der Waals surface area contributed by atoms with Crippen LogP contribution >= 0.6 is 11.6 Å². The van der Waals surface area contributed by atoms with Crippen molar-refractivity contribution in [1.29, 1.82) is 0 Å². The van der Waals surface area contributed by atoms with Gasteiger partial charge in [-0.05, 0) is 69.0 Å². The summed E-state index contributed by atoms with van der Waals surface area (Å²) in [4.78, 5) is 52.6. The number of nitrogens with zero attached hydrogens (tertiary/aromatic N) is 5. The first kappa shape index (κ1) is 35.3. The molecule has 10 nitrogen and oxygen atoms in total. The highest BCUT2D eigenvalue weighted by Gasteiger charge is 2.33. The molecule has 1 N–H and O–H groups in total. The lowest BCUT2D eigenvalue weighted by Crippen LogP contribution is -2.55. The Labute approximate surface area is 289 Å². The van der Waals surface area contributed by atoms with E-state index in [0.29, 0.717) is 42.1 Å². The predicted octanol–water partition coefficient (Wildman–Crippen LogP) is 7.58. The molecule has 2 aromatic carbocycles. The van der Waals surface area contributed by atoms with Gasteiger partial charge in [0, 0.05) is 25.7 Å². The van der Waals surface area contributed by atoms with Gasteiger partial charge in [-0.3, -0.25) is 4.79 Å². The first-order valence-corrected chi connectivity index (χ1v) is 16.4. The van der Waals surface area contributed by atoms with Crippen molar-refractivity contribution in [2.45, 2.75) is 59.1 Å². The lowest BCUT2D eigenvalue weighted by atomic mass is 9.97. The number of amides is 2. The minimum Gasteiger partial charge on any atom is -0.444 e. The highest BCUT2D eigenvalue weighted by Crippen LogP contribution is 2.39. The van der Waals surface area contributed by atoms with Crippen LogP contribution < -0.4 is 15.9 Å². The highest BCUT2D eigenvalue weighted by molar-refractivity contribution is 6.34. The first-order chi connectivity index (χ1) is 23.1. The Kier molecular flexibility index (Phi) is 9.96. The number of carbonyl (C=O) groups excluding carboxylic acids is 2. The van der Waals surface area contributed by atoms with E-state index in [9.17, 15) is 14.4 Å². The number of halogens is 2. The Balaban J connectivity index is 1.79. The summed E-state index contributed by atoms with van der Waals surface area (Å²) in [6, 6.07) is 11.2. The quantitative estimate of drug-likeness (QED) is 0.200. The number of nitrogens with one attached hydrogen (secondary N) is 1. The number of anilines is 2. The van der Waals surface area contributed by atoms with Gasteiger partial charge in [0.1, 0.15) is 17.2 Å². The molecule has 1 saturated heterocycles. The number of hydrogen-bond acceptors (Lipinski definition) is 7. The number of pyridine rings is 1. The van der Waals surface area contributed by atoms with Crippen molar-refractivity contribution in [3.63, 3.8) is 0 Å². The standard InChI is InChI=1S/C37H40ClFN6O4/c1-9-23-13-11-14-24(21(3)4)32(23)45-34-25(19-26(38)31(41-34)30-27(39)15-12-16-28(30)40-29(46)10-2)33(42-35(45)47)44-18-17-43(20-22(44)5)36(48)49-37(6,7)8/h9-16,19,21-22H,1-2,17-18,20H2,3-8H3,(H,40,46)/t22-/m0/s1. The molecule has 0 radical (unpaired) electrons. The zero-order chi connectivity index (χ0) is 35.8. The zero-order valence-electron chi connectivity index (χ0n) is 28.5. The average molecular weight is 687 g/mol. The smallest absolute Gasteiger partial charge is 0.410 e. The number of benzene rings is 2. The number of para-hydroxylation sites is 1.